The van der Waals surface area contributed by atoms with E-state index >= 15 is 9.59 Å². The summed E-state index contributed by atoms with van der Waals surface area (Å²) >= 11 is 25.7. The Morgan fingerprint density at radius 1 is 0.409 bits per heavy atom. The van der Waals surface area contributed by atoms with E-state index in [0.29, 0.717) is 122 Å². The molecule has 4 unspecified atom stereocenters. The summed E-state index contributed by atoms with van der Waals surface area (Å²) in [6, 6.07) is 40.5. The summed E-state index contributed by atoms with van der Waals surface area (Å²) in [7, 11) is 0. The molecule has 4 heterocycles. The van der Waals surface area contributed by atoms with Gasteiger partial charge in [-0.15, -0.1) is 0 Å². The lowest BCUT2D eigenvalue weighted by Gasteiger charge is -2.39. The molecule has 2 fully saturated rings. The van der Waals surface area contributed by atoms with Crippen LogP contribution in [0.1, 0.15) is 182 Å². The zero-order valence-electron chi connectivity index (χ0n) is 55.0. The topological polar surface area (TPSA) is 131 Å². The van der Waals surface area contributed by atoms with Crippen molar-refractivity contribution in [1.29, 1.82) is 0 Å². The van der Waals surface area contributed by atoms with Crippen LogP contribution in [0.15, 0.2) is 143 Å². The van der Waals surface area contributed by atoms with Crippen LogP contribution >= 0.6 is 46.4 Å². The fraction of sp³-hybridized carbons (Fsp3) is 0.440. The van der Waals surface area contributed by atoms with Gasteiger partial charge in [0.15, 0.2) is 0 Å². The molecule has 6 aromatic carbocycles. The summed E-state index contributed by atoms with van der Waals surface area (Å²) in [5.41, 5.74) is 6.97. The highest BCUT2D eigenvalue weighted by molar-refractivity contribution is 6.31. The van der Waals surface area contributed by atoms with E-state index in [0.717, 1.165) is 89.5 Å². The predicted octanol–water partition coefficient (Wildman–Crippen LogP) is 17.5. The molecule has 0 aromatic heterocycles. The van der Waals surface area contributed by atoms with Crippen LogP contribution in [0, 0.1) is 0 Å². The van der Waals surface area contributed by atoms with Crippen molar-refractivity contribution in [3.05, 3.63) is 198 Å². The van der Waals surface area contributed by atoms with Gasteiger partial charge in [0, 0.05) is 85.3 Å². The van der Waals surface area contributed by atoms with Gasteiger partial charge in [0.2, 0.25) is 11.8 Å². The Kier molecular flexibility index (Phi) is 22.6. The van der Waals surface area contributed by atoms with Gasteiger partial charge in [0.25, 0.3) is 0 Å². The van der Waals surface area contributed by atoms with Crippen LogP contribution in [-0.4, -0.2) is 131 Å². The monoisotopic (exact) mass is 1340 g/mol. The third-order valence-electron chi connectivity index (χ3n) is 18.3. The first kappa shape index (κ1) is 68.8. The van der Waals surface area contributed by atoms with Gasteiger partial charge in [-0.2, -0.15) is 0 Å². The number of urea groups is 2. The summed E-state index contributed by atoms with van der Waals surface area (Å²) in [5, 5.41) is 2.40. The van der Waals surface area contributed by atoms with Crippen LogP contribution in [-0.2, 0) is 20.4 Å². The summed E-state index contributed by atoms with van der Waals surface area (Å²) < 4.78 is 12.7. The van der Waals surface area contributed by atoms with Crippen molar-refractivity contribution in [2.45, 2.75) is 148 Å². The first-order chi connectivity index (χ1) is 44.6. The van der Waals surface area contributed by atoms with Crippen LogP contribution < -0.4 is 9.47 Å². The largest absolute Gasteiger partial charge is 0.493 e. The number of carbonyl (C=O) groups is 4. The van der Waals surface area contributed by atoms with Crippen LogP contribution in [0.2, 0.25) is 20.1 Å². The van der Waals surface area contributed by atoms with Gasteiger partial charge in [-0.05, 0) is 144 Å². The number of aliphatic imine (C=N–C) groups is 2. The lowest BCUT2D eigenvalue weighted by molar-refractivity contribution is -0.133. The molecular weight excluding hydrogens is 1250 g/mol. The van der Waals surface area contributed by atoms with Gasteiger partial charge in [0.05, 0.1) is 36.4 Å². The number of piperazine rings is 2. The molecule has 2 saturated heterocycles. The first-order valence-corrected chi connectivity index (χ1v) is 34.6. The molecule has 492 valence electrons. The second-order valence-corrected chi connectivity index (χ2v) is 28.4. The maximum atomic E-state index is 15.3. The summed E-state index contributed by atoms with van der Waals surface area (Å²) in [4.78, 5) is 79.9. The molecular formula is C75H88Cl4N8O6. The molecule has 0 aliphatic carbocycles. The zero-order valence-corrected chi connectivity index (χ0v) is 58.0. The second-order valence-electron chi connectivity index (χ2n) is 26.7. The van der Waals surface area contributed by atoms with E-state index < -0.39 is 24.2 Å². The maximum Gasteiger partial charge on any atom is 0.326 e. The highest BCUT2D eigenvalue weighted by Gasteiger charge is 2.47. The standard InChI is InChI=1S/C75H88Cl4N8O6/c1-9-92-62-48-54(74(3,4)5)28-38-60(62)70-80-66(50-20-30-56(76)31-21-50)68(52-24-34-58(78)35-25-52)86(70)72(90)84-44-40-82(41-45-84)64(88)18-16-14-12-11-13-15-17-19-65(89)83-42-46-85(47-43-83)73(91)87-69(53-26-36-59(79)37-27-53)67(51-22-32-57(77)33-23-51)81-71(87)61-39-29-55(75(6,7)8)49-63(61)93-10-2/h20-39,48-49,66-69H,9-19,40-47H2,1-8H3. The van der Waals surface area contributed by atoms with Crippen molar-refractivity contribution in [1.82, 2.24) is 29.4 Å². The minimum absolute atomic E-state index is 0.106. The molecule has 0 spiro atoms. The Balaban J connectivity index is 0.697. The minimum Gasteiger partial charge on any atom is -0.493 e. The summed E-state index contributed by atoms with van der Waals surface area (Å²) in [6.45, 7) is 21.0. The van der Waals surface area contributed by atoms with Gasteiger partial charge in [0.1, 0.15) is 35.3 Å². The normalized spacial score (nSPS) is 18.6. The number of unbranched alkanes of at least 4 members (excludes halogenated alkanes) is 6. The lowest BCUT2D eigenvalue weighted by atomic mass is 9.86. The van der Waals surface area contributed by atoms with E-state index in [1.165, 1.54) is 0 Å². The molecule has 0 bridgehead atoms. The van der Waals surface area contributed by atoms with Gasteiger partial charge < -0.3 is 29.1 Å². The van der Waals surface area contributed by atoms with Crippen LogP contribution in [0.5, 0.6) is 11.5 Å². The molecule has 10 rings (SSSR count). The SMILES string of the molecule is CCOc1cc(C(C)(C)C)ccc1C1=NC(c2ccc(Cl)cc2)C(c2ccc(Cl)cc2)N1C(=O)N1CCN(C(=O)CCCCCCCCCC(=O)N2CCN(C(=O)N3C(c4ccc(C(C)(C)C)cc4OCC)=NC(c4ccc(Cl)cc4)C3c3ccc(Cl)cc3)CC2)CC1. The van der Waals surface area contributed by atoms with Gasteiger partial charge in [-0.1, -0.05) is 181 Å². The Morgan fingerprint density at radius 3 is 1.00 bits per heavy atom. The van der Waals surface area contributed by atoms with E-state index in [1.807, 2.05) is 152 Å². The third-order valence-corrected chi connectivity index (χ3v) is 19.3. The maximum absolute atomic E-state index is 15.3. The first-order valence-electron chi connectivity index (χ1n) is 33.1. The Labute approximate surface area is 569 Å². The summed E-state index contributed by atoms with van der Waals surface area (Å²) in [5.74, 6) is 2.57. The fourth-order valence-corrected chi connectivity index (χ4v) is 13.5. The number of hydrogen-bond donors (Lipinski definition) is 0. The highest BCUT2D eigenvalue weighted by Crippen LogP contribution is 2.48. The van der Waals surface area contributed by atoms with E-state index in [4.69, 9.17) is 65.9 Å². The zero-order chi connectivity index (χ0) is 66.1. The predicted molar refractivity (Wildman–Crippen MR) is 375 cm³/mol. The van der Waals surface area contributed by atoms with Crippen LogP contribution in [0.25, 0.3) is 0 Å². The van der Waals surface area contributed by atoms with Crippen molar-refractivity contribution in [2.75, 3.05) is 65.6 Å². The molecule has 0 radical (unpaired) electrons. The average Bonchev–Trinajstić information content (AvgIpc) is 1.61. The van der Waals surface area contributed by atoms with Gasteiger partial charge >= 0.3 is 12.1 Å². The number of benzene rings is 6. The van der Waals surface area contributed by atoms with Crippen molar-refractivity contribution in [3.63, 3.8) is 0 Å². The number of nitrogens with zero attached hydrogens (tertiary/aromatic N) is 8. The molecule has 6 aromatic rings. The molecule has 18 heteroatoms. The van der Waals surface area contributed by atoms with Crippen LogP contribution in [0.4, 0.5) is 9.59 Å². The van der Waals surface area contributed by atoms with E-state index in [9.17, 15) is 9.59 Å². The minimum atomic E-state index is -0.517. The number of halogens is 4. The Bertz CT molecular complexity index is 3410. The molecule has 93 heavy (non-hydrogen) atoms. The number of amidine groups is 2. The smallest absolute Gasteiger partial charge is 0.326 e. The van der Waals surface area contributed by atoms with Gasteiger partial charge in [-0.25, -0.2) is 9.59 Å². The van der Waals surface area contributed by atoms with Crippen molar-refractivity contribution in [2.24, 2.45) is 9.98 Å². The van der Waals surface area contributed by atoms with Crippen molar-refractivity contribution >= 4 is 82.0 Å². The molecule has 0 saturated carbocycles. The van der Waals surface area contributed by atoms with E-state index in [2.05, 4.69) is 65.8 Å². The number of amides is 6. The number of rotatable bonds is 20. The third kappa shape index (κ3) is 16.4. The highest BCUT2D eigenvalue weighted by atomic mass is 35.5. The van der Waals surface area contributed by atoms with Crippen molar-refractivity contribution < 1.29 is 28.7 Å². The molecule has 4 aliphatic heterocycles. The van der Waals surface area contributed by atoms with E-state index in [1.54, 1.807) is 0 Å². The molecule has 0 N–H and O–H groups in total. The second kappa shape index (κ2) is 30.5. The van der Waals surface area contributed by atoms with Gasteiger partial charge in [-0.3, -0.25) is 29.4 Å². The van der Waals surface area contributed by atoms with Crippen LogP contribution in [0.3, 0.4) is 0 Å². The number of ether oxygens (including phenoxy) is 2. The molecule has 4 atom stereocenters. The fourth-order valence-electron chi connectivity index (χ4n) is 13.0. The Morgan fingerprint density at radius 2 is 0.699 bits per heavy atom. The summed E-state index contributed by atoms with van der Waals surface area (Å²) in [6.07, 6.45) is 7.41. The van der Waals surface area contributed by atoms with E-state index in [-0.39, 0.29) is 34.7 Å². The Hall–Kier alpha value is -7.10. The number of carbonyl (C=O) groups excluding carboxylic acids is 4. The molecule has 4 aliphatic rings. The average molecular weight is 1340 g/mol. The number of hydrogen-bond acceptors (Lipinski definition) is 8. The molecule has 14 nitrogen and oxygen atoms in total. The van der Waals surface area contributed by atoms with Crippen molar-refractivity contribution in [3.8, 4) is 11.5 Å². The quantitative estimate of drug-likeness (QED) is 0.0700. The lowest BCUT2D eigenvalue weighted by Crippen LogP contribution is -2.55. The molecule has 6 amide bonds.